The lowest BCUT2D eigenvalue weighted by atomic mass is 9.97. The Morgan fingerprint density at radius 3 is 2.46 bits per heavy atom. The highest BCUT2D eigenvalue weighted by Crippen LogP contribution is 2.28. The first-order valence-corrected chi connectivity index (χ1v) is 10.6. The number of hydrogen-bond acceptors (Lipinski definition) is 4. The van der Waals surface area contributed by atoms with Gasteiger partial charge >= 0.3 is 0 Å². The Morgan fingerprint density at radius 1 is 0.929 bits per heavy atom. The van der Waals surface area contributed by atoms with E-state index in [1.54, 1.807) is 30.3 Å². The maximum Gasteiger partial charge on any atom is 0.238 e. The molecule has 0 fully saturated rings. The lowest BCUT2D eigenvalue weighted by Crippen LogP contribution is -2.35. The molecule has 0 aliphatic carbocycles. The Balaban J connectivity index is 1.64. The molecule has 2 N–H and O–H groups in total. The lowest BCUT2D eigenvalue weighted by molar-refractivity contribution is -0.0488. The standard InChI is InChI=1S/C22H20N2O3S/c25-24-14-13-19(21-12-6-10-18-9-4-5-11-20(18)21)15-22(24)23-28(26,27)16-17-7-2-1-3-8-17/h1-13,15,23,25H,14,16H2. The highest BCUT2D eigenvalue weighted by Gasteiger charge is 2.20. The van der Waals surface area contributed by atoms with Crippen molar-refractivity contribution in [3.8, 4) is 0 Å². The molecular weight excluding hydrogens is 372 g/mol. The van der Waals surface area contributed by atoms with Crippen molar-refractivity contribution in [2.45, 2.75) is 5.75 Å². The van der Waals surface area contributed by atoms with Crippen LogP contribution in [-0.4, -0.2) is 25.2 Å². The molecule has 6 heteroatoms. The third kappa shape index (κ3) is 3.93. The van der Waals surface area contributed by atoms with Crippen molar-refractivity contribution in [3.05, 3.63) is 102 Å². The van der Waals surface area contributed by atoms with Gasteiger partial charge in [-0.05, 0) is 33.5 Å². The summed E-state index contributed by atoms with van der Waals surface area (Å²) in [5, 5.41) is 13.2. The number of nitrogens with one attached hydrogen (secondary N) is 1. The molecule has 0 spiro atoms. The summed E-state index contributed by atoms with van der Waals surface area (Å²) in [6.45, 7) is 0.193. The molecule has 1 aliphatic heterocycles. The summed E-state index contributed by atoms with van der Waals surface area (Å²) in [5.41, 5.74) is 2.53. The molecule has 0 radical (unpaired) electrons. The summed E-state index contributed by atoms with van der Waals surface area (Å²) in [4.78, 5) is 0. The molecule has 5 nitrogen and oxygen atoms in total. The van der Waals surface area contributed by atoms with Crippen molar-refractivity contribution in [2.24, 2.45) is 0 Å². The smallest absolute Gasteiger partial charge is 0.238 e. The number of rotatable bonds is 5. The molecule has 0 bridgehead atoms. The molecule has 0 saturated carbocycles. The van der Waals surface area contributed by atoms with Gasteiger partial charge in [-0.15, -0.1) is 0 Å². The van der Waals surface area contributed by atoms with Crippen LogP contribution in [0, 0.1) is 0 Å². The monoisotopic (exact) mass is 392 g/mol. The average Bonchev–Trinajstić information content (AvgIpc) is 2.69. The minimum absolute atomic E-state index is 0.140. The summed E-state index contributed by atoms with van der Waals surface area (Å²) in [6.07, 6.45) is 3.53. The quantitative estimate of drug-likeness (QED) is 0.691. The van der Waals surface area contributed by atoms with Gasteiger partial charge in [0.15, 0.2) is 0 Å². The van der Waals surface area contributed by atoms with Crippen LogP contribution in [0.2, 0.25) is 0 Å². The van der Waals surface area contributed by atoms with Crippen LogP contribution >= 0.6 is 0 Å². The maximum absolute atomic E-state index is 12.6. The second-order valence-corrected chi connectivity index (χ2v) is 8.37. The number of hydroxylamine groups is 2. The summed E-state index contributed by atoms with van der Waals surface area (Å²) >= 11 is 0. The van der Waals surface area contributed by atoms with Crippen molar-refractivity contribution in [1.82, 2.24) is 9.79 Å². The van der Waals surface area contributed by atoms with Gasteiger partial charge < -0.3 is 0 Å². The van der Waals surface area contributed by atoms with Crippen molar-refractivity contribution in [1.29, 1.82) is 0 Å². The first-order valence-electron chi connectivity index (χ1n) is 8.93. The van der Waals surface area contributed by atoms with Gasteiger partial charge in [-0.25, -0.2) is 13.5 Å². The van der Waals surface area contributed by atoms with Gasteiger partial charge in [0.25, 0.3) is 0 Å². The Kier molecular flexibility index (Phi) is 4.90. The zero-order valence-electron chi connectivity index (χ0n) is 15.1. The Morgan fingerprint density at radius 2 is 1.64 bits per heavy atom. The zero-order valence-corrected chi connectivity index (χ0v) is 15.9. The van der Waals surface area contributed by atoms with Crippen LogP contribution in [0.1, 0.15) is 11.1 Å². The number of allylic oxidation sites excluding steroid dienone is 2. The highest BCUT2D eigenvalue weighted by atomic mass is 32.2. The molecule has 3 aromatic rings. The molecule has 0 amide bonds. The predicted octanol–water partition coefficient (Wildman–Crippen LogP) is 3.89. The van der Waals surface area contributed by atoms with Crippen molar-refractivity contribution >= 4 is 26.4 Å². The summed E-state index contributed by atoms with van der Waals surface area (Å²) in [5.74, 6) is -0.0202. The van der Waals surface area contributed by atoms with Gasteiger partial charge in [-0.3, -0.25) is 9.93 Å². The van der Waals surface area contributed by atoms with Gasteiger partial charge in [0.05, 0.1) is 12.3 Å². The van der Waals surface area contributed by atoms with Crippen LogP contribution in [0.25, 0.3) is 16.3 Å². The van der Waals surface area contributed by atoms with Crippen molar-refractivity contribution in [2.75, 3.05) is 6.54 Å². The molecule has 3 aromatic carbocycles. The SMILES string of the molecule is O=S(=O)(Cc1ccccc1)NC1=CC(c2cccc3ccccc23)=CCN1O. The topological polar surface area (TPSA) is 69.6 Å². The molecule has 0 saturated heterocycles. The third-order valence-corrected chi connectivity index (χ3v) is 5.85. The summed E-state index contributed by atoms with van der Waals surface area (Å²) in [7, 11) is -3.66. The van der Waals surface area contributed by atoms with E-state index in [0.29, 0.717) is 5.56 Å². The van der Waals surface area contributed by atoms with E-state index in [0.717, 1.165) is 27.0 Å². The first kappa shape index (κ1) is 18.3. The van der Waals surface area contributed by atoms with E-state index in [4.69, 9.17) is 0 Å². The van der Waals surface area contributed by atoms with E-state index in [-0.39, 0.29) is 18.1 Å². The minimum Gasteiger partial charge on any atom is -0.287 e. The third-order valence-electron chi connectivity index (χ3n) is 4.61. The number of sulfonamides is 1. The van der Waals surface area contributed by atoms with E-state index in [9.17, 15) is 13.6 Å². The van der Waals surface area contributed by atoms with Crippen LogP contribution in [0.5, 0.6) is 0 Å². The molecule has 1 aliphatic rings. The van der Waals surface area contributed by atoms with Crippen LogP contribution in [-0.2, 0) is 15.8 Å². The van der Waals surface area contributed by atoms with Gasteiger partial charge in [0, 0.05) is 0 Å². The van der Waals surface area contributed by atoms with Gasteiger partial charge in [0.1, 0.15) is 5.82 Å². The second-order valence-electron chi connectivity index (χ2n) is 6.64. The minimum atomic E-state index is -3.66. The molecular formula is C22H20N2O3S. The van der Waals surface area contributed by atoms with Crippen molar-refractivity contribution < 1.29 is 13.6 Å². The fraction of sp³-hybridized carbons (Fsp3) is 0.0909. The van der Waals surface area contributed by atoms with Crippen LogP contribution in [0.15, 0.2) is 90.8 Å². The predicted molar refractivity (Wildman–Crippen MR) is 111 cm³/mol. The average molecular weight is 392 g/mol. The normalized spacial score (nSPS) is 14.5. The number of benzene rings is 3. The molecule has 0 unspecified atom stereocenters. The number of fused-ring (bicyclic) bond motifs is 1. The van der Waals surface area contributed by atoms with Crippen LogP contribution in [0.3, 0.4) is 0 Å². The van der Waals surface area contributed by atoms with E-state index in [1.807, 2.05) is 54.6 Å². The summed E-state index contributed by atoms with van der Waals surface area (Å²) < 4.78 is 27.6. The van der Waals surface area contributed by atoms with Crippen molar-refractivity contribution in [3.63, 3.8) is 0 Å². The number of hydrogen-bond donors (Lipinski definition) is 2. The first-order chi connectivity index (χ1) is 13.5. The largest absolute Gasteiger partial charge is 0.287 e. The lowest BCUT2D eigenvalue weighted by Gasteiger charge is -2.25. The fourth-order valence-corrected chi connectivity index (χ4v) is 4.49. The number of nitrogens with zero attached hydrogens (tertiary/aromatic N) is 1. The van der Waals surface area contributed by atoms with E-state index >= 15 is 0 Å². The van der Waals surface area contributed by atoms with E-state index < -0.39 is 10.0 Å². The molecule has 142 valence electrons. The molecule has 0 aromatic heterocycles. The zero-order chi connectivity index (χ0) is 19.6. The fourth-order valence-electron chi connectivity index (χ4n) is 3.30. The maximum atomic E-state index is 12.6. The van der Waals surface area contributed by atoms with E-state index in [2.05, 4.69) is 4.72 Å². The highest BCUT2D eigenvalue weighted by molar-refractivity contribution is 7.88. The molecule has 28 heavy (non-hydrogen) atoms. The van der Waals surface area contributed by atoms with E-state index in [1.165, 1.54) is 0 Å². The Labute approximate surface area is 164 Å². The molecule has 4 rings (SSSR count). The van der Waals surface area contributed by atoms with Gasteiger partial charge in [-0.2, -0.15) is 0 Å². The second kappa shape index (κ2) is 7.50. The Hall–Kier alpha value is -3.09. The summed E-state index contributed by atoms with van der Waals surface area (Å²) in [6, 6.07) is 23.0. The van der Waals surface area contributed by atoms with Crippen LogP contribution in [0.4, 0.5) is 0 Å². The van der Waals surface area contributed by atoms with Gasteiger partial charge in [-0.1, -0.05) is 78.9 Å². The molecule has 0 atom stereocenters. The van der Waals surface area contributed by atoms with Crippen LogP contribution < -0.4 is 4.72 Å². The van der Waals surface area contributed by atoms with Gasteiger partial charge in [0.2, 0.25) is 10.0 Å². The Bertz CT molecular complexity index is 1160. The molecule has 1 heterocycles.